The lowest BCUT2D eigenvalue weighted by Gasteiger charge is -2.27. The Balaban J connectivity index is 1.60. The predicted octanol–water partition coefficient (Wildman–Crippen LogP) is 3.93. The Morgan fingerprint density at radius 3 is 2.77 bits per heavy atom. The molecular formula is C24H24BrFN6O3. The number of nitrogens with one attached hydrogen (secondary N) is 1. The molecule has 0 saturated heterocycles. The largest absolute Gasteiger partial charge is 0.475 e. The third-order valence-electron chi connectivity index (χ3n) is 5.42. The molecule has 0 fully saturated rings. The second kappa shape index (κ2) is 10.4. The third-order valence-corrected chi connectivity index (χ3v) is 5.97. The van der Waals surface area contributed by atoms with Gasteiger partial charge in [0.25, 0.3) is 0 Å². The number of likely N-dealkylation sites (N-methyl/N-ethyl adjacent to an activating group) is 1. The number of aryl methyl sites for hydroxylation is 1. The summed E-state index contributed by atoms with van der Waals surface area (Å²) in [6.45, 7) is 2.75. The van der Waals surface area contributed by atoms with Crippen LogP contribution in [-0.4, -0.2) is 58.2 Å². The number of carbonyl (C=O) groups is 1. The van der Waals surface area contributed by atoms with Gasteiger partial charge in [-0.25, -0.2) is 9.37 Å². The highest BCUT2D eigenvalue weighted by Crippen LogP contribution is 2.37. The van der Waals surface area contributed by atoms with Gasteiger partial charge in [-0.2, -0.15) is 9.97 Å². The Labute approximate surface area is 210 Å². The molecule has 11 heteroatoms. The van der Waals surface area contributed by atoms with Gasteiger partial charge in [0.1, 0.15) is 17.8 Å². The number of halogens is 2. The number of hydrogen-bond donors (Lipinski definition) is 1. The fraction of sp³-hybridized carbons (Fsp3) is 0.292. The van der Waals surface area contributed by atoms with Crippen molar-refractivity contribution >= 4 is 33.4 Å². The van der Waals surface area contributed by atoms with E-state index in [0.29, 0.717) is 40.5 Å². The van der Waals surface area contributed by atoms with Gasteiger partial charge in [-0.3, -0.25) is 10.1 Å². The van der Waals surface area contributed by atoms with Crippen LogP contribution in [0, 0.1) is 12.7 Å². The summed E-state index contributed by atoms with van der Waals surface area (Å²) in [5, 5.41) is 6.74. The predicted molar refractivity (Wildman–Crippen MR) is 131 cm³/mol. The van der Waals surface area contributed by atoms with Crippen molar-refractivity contribution in [2.24, 2.45) is 0 Å². The number of amides is 1. The van der Waals surface area contributed by atoms with Crippen LogP contribution in [0.25, 0.3) is 5.57 Å². The molecule has 1 N–H and O–H groups in total. The summed E-state index contributed by atoms with van der Waals surface area (Å²) in [5.74, 6) is 0.0753. The third kappa shape index (κ3) is 5.46. The molecule has 0 aliphatic heterocycles. The molecular weight excluding hydrogens is 519 g/mol. The van der Waals surface area contributed by atoms with Gasteiger partial charge in [-0.1, -0.05) is 41.6 Å². The van der Waals surface area contributed by atoms with E-state index in [1.807, 2.05) is 19.0 Å². The minimum Gasteiger partial charge on any atom is -0.475 e. The first kappa shape index (κ1) is 24.7. The molecule has 1 aliphatic rings. The molecule has 182 valence electrons. The molecule has 0 saturated carbocycles. The summed E-state index contributed by atoms with van der Waals surface area (Å²) in [6, 6.07) is 6.46. The van der Waals surface area contributed by atoms with Gasteiger partial charge in [0.15, 0.2) is 5.82 Å². The van der Waals surface area contributed by atoms with E-state index in [4.69, 9.17) is 9.26 Å². The van der Waals surface area contributed by atoms with Crippen molar-refractivity contribution in [2.45, 2.75) is 18.8 Å². The summed E-state index contributed by atoms with van der Waals surface area (Å²) in [5.41, 5.74) is -0.199. The Morgan fingerprint density at radius 1 is 1.31 bits per heavy atom. The van der Waals surface area contributed by atoms with Crippen LogP contribution in [0.3, 0.4) is 0 Å². The van der Waals surface area contributed by atoms with E-state index in [2.05, 4.69) is 41.4 Å². The van der Waals surface area contributed by atoms with E-state index in [1.165, 1.54) is 12.3 Å². The van der Waals surface area contributed by atoms with Crippen LogP contribution in [0.5, 0.6) is 5.88 Å². The maximum absolute atomic E-state index is 14.3. The number of benzene rings is 1. The zero-order valence-electron chi connectivity index (χ0n) is 19.5. The van der Waals surface area contributed by atoms with Crippen molar-refractivity contribution in [2.75, 3.05) is 32.6 Å². The first-order chi connectivity index (χ1) is 16.8. The van der Waals surface area contributed by atoms with Crippen LogP contribution < -0.4 is 10.1 Å². The lowest BCUT2D eigenvalue weighted by Crippen LogP contribution is -2.40. The standard InChI is InChI=1S/C24H24BrFN6O3/c1-15-28-21(31-35-15)24(10-8-16(9-11-24)17-6-4-5-7-19(17)26)22(33)30-23-27-14-18(25)20(29-23)34-13-12-32(2)3/h4-10,14H,11-13H2,1-3H3,(H,27,29,30,33). The minimum absolute atomic E-state index is 0.0647. The molecule has 1 aliphatic carbocycles. The minimum atomic E-state index is -1.30. The molecule has 2 heterocycles. The van der Waals surface area contributed by atoms with E-state index in [-0.39, 0.29) is 24.0 Å². The van der Waals surface area contributed by atoms with Gasteiger partial charge in [0.05, 0.1) is 10.7 Å². The Kier molecular flexibility index (Phi) is 7.37. The number of allylic oxidation sites excluding steroid dienone is 3. The number of aromatic nitrogens is 4. The van der Waals surface area contributed by atoms with Gasteiger partial charge in [-0.05, 0) is 48.1 Å². The Morgan fingerprint density at radius 2 is 2.11 bits per heavy atom. The van der Waals surface area contributed by atoms with Crippen LogP contribution in [0.15, 0.2) is 57.7 Å². The van der Waals surface area contributed by atoms with Crippen LogP contribution in [0.1, 0.15) is 23.7 Å². The van der Waals surface area contributed by atoms with Crippen molar-refractivity contribution in [1.29, 1.82) is 0 Å². The topological polar surface area (TPSA) is 106 Å². The molecule has 35 heavy (non-hydrogen) atoms. The van der Waals surface area contributed by atoms with Crippen LogP contribution in [0.2, 0.25) is 0 Å². The molecule has 4 rings (SSSR count). The highest BCUT2D eigenvalue weighted by molar-refractivity contribution is 9.10. The second-order valence-corrected chi connectivity index (χ2v) is 9.09. The maximum Gasteiger partial charge on any atom is 0.245 e. The van der Waals surface area contributed by atoms with E-state index >= 15 is 0 Å². The fourth-order valence-electron chi connectivity index (χ4n) is 3.50. The summed E-state index contributed by atoms with van der Waals surface area (Å²) in [4.78, 5) is 28.4. The van der Waals surface area contributed by atoms with Crippen molar-refractivity contribution in [3.63, 3.8) is 0 Å². The summed E-state index contributed by atoms with van der Waals surface area (Å²) in [7, 11) is 3.87. The van der Waals surface area contributed by atoms with Gasteiger partial charge in [-0.15, -0.1) is 0 Å². The van der Waals surface area contributed by atoms with Crippen molar-refractivity contribution in [3.8, 4) is 5.88 Å². The number of carbonyl (C=O) groups excluding carboxylic acids is 1. The number of ether oxygens (including phenoxy) is 1. The molecule has 0 bridgehead atoms. The normalized spacial score (nSPS) is 17.4. The van der Waals surface area contributed by atoms with Gasteiger partial charge < -0.3 is 14.2 Å². The molecule has 1 atom stereocenters. The number of hydrogen-bond acceptors (Lipinski definition) is 8. The fourth-order valence-corrected chi connectivity index (χ4v) is 3.81. The second-order valence-electron chi connectivity index (χ2n) is 8.24. The molecule has 9 nitrogen and oxygen atoms in total. The Hall–Kier alpha value is -3.44. The van der Waals surface area contributed by atoms with Crippen molar-refractivity contribution < 1.29 is 18.4 Å². The lowest BCUT2D eigenvalue weighted by atomic mass is 9.77. The average molecular weight is 543 g/mol. The average Bonchev–Trinajstić information content (AvgIpc) is 3.28. The van der Waals surface area contributed by atoms with Crippen LogP contribution >= 0.6 is 15.9 Å². The SMILES string of the molecule is Cc1nc(C2(C(=O)Nc3ncc(Br)c(OCCN(C)C)n3)C=CC(c3ccccc3F)=CC2)no1. The van der Waals surface area contributed by atoms with Gasteiger partial charge in [0.2, 0.25) is 23.6 Å². The molecule has 0 spiro atoms. The van der Waals surface area contributed by atoms with E-state index in [9.17, 15) is 9.18 Å². The molecule has 0 radical (unpaired) electrons. The zero-order valence-corrected chi connectivity index (χ0v) is 21.0. The lowest BCUT2D eigenvalue weighted by molar-refractivity contribution is -0.120. The van der Waals surface area contributed by atoms with E-state index < -0.39 is 11.3 Å². The van der Waals surface area contributed by atoms with Crippen LogP contribution in [-0.2, 0) is 10.2 Å². The molecule has 1 amide bonds. The van der Waals surface area contributed by atoms with Crippen molar-refractivity contribution in [3.05, 3.63) is 76.3 Å². The zero-order chi connectivity index (χ0) is 25.0. The highest BCUT2D eigenvalue weighted by Gasteiger charge is 2.43. The number of anilines is 1. The quantitative estimate of drug-likeness (QED) is 0.456. The van der Waals surface area contributed by atoms with Crippen molar-refractivity contribution in [1.82, 2.24) is 25.0 Å². The molecule has 2 aromatic heterocycles. The first-order valence-electron chi connectivity index (χ1n) is 10.8. The Bertz CT molecular complexity index is 1290. The molecule has 3 aromatic rings. The highest BCUT2D eigenvalue weighted by atomic mass is 79.9. The monoisotopic (exact) mass is 542 g/mol. The summed E-state index contributed by atoms with van der Waals surface area (Å²) < 4.78 is 25.7. The van der Waals surface area contributed by atoms with Crippen LogP contribution in [0.4, 0.5) is 10.3 Å². The smallest absolute Gasteiger partial charge is 0.245 e. The van der Waals surface area contributed by atoms with Gasteiger partial charge >= 0.3 is 0 Å². The van der Waals surface area contributed by atoms with E-state index in [0.717, 1.165) is 0 Å². The van der Waals surface area contributed by atoms with E-state index in [1.54, 1.807) is 43.4 Å². The van der Waals surface area contributed by atoms with Gasteiger partial charge in [0, 0.05) is 19.0 Å². The number of rotatable bonds is 8. The molecule has 1 unspecified atom stereocenters. The molecule has 1 aromatic carbocycles. The summed E-state index contributed by atoms with van der Waals surface area (Å²) in [6.07, 6.45) is 6.81. The summed E-state index contributed by atoms with van der Waals surface area (Å²) >= 11 is 3.37. The maximum atomic E-state index is 14.3. The first-order valence-corrected chi connectivity index (χ1v) is 11.6. The number of nitrogens with zero attached hydrogens (tertiary/aromatic N) is 5.